The summed E-state index contributed by atoms with van der Waals surface area (Å²) in [5, 5.41) is 0. The fraction of sp³-hybridized carbons (Fsp3) is 0.500. The molecule has 0 aliphatic rings. The van der Waals surface area contributed by atoms with Gasteiger partial charge in [-0.2, -0.15) is 0 Å². The van der Waals surface area contributed by atoms with E-state index in [1.165, 1.54) is 6.42 Å². The van der Waals surface area contributed by atoms with Crippen LogP contribution in [0.2, 0.25) is 0 Å². The Morgan fingerprint density at radius 3 is 2.62 bits per heavy atom. The molecule has 0 aliphatic heterocycles. The number of allylic oxidation sites excluding steroid dienone is 3. The first-order valence-corrected chi connectivity index (χ1v) is 5.80. The molecule has 0 aliphatic carbocycles. The van der Waals surface area contributed by atoms with Crippen LogP contribution < -0.4 is 0 Å². The molecule has 2 nitrogen and oxygen atoms in total. The molecule has 0 unspecified atom stereocenters. The van der Waals surface area contributed by atoms with Crippen molar-refractivity contribution in [3.8, 4) is 0 Å². The van der Waals surface area contributed by atoms with Crippen LogP contribution in [-0.2, 0) is 0 Å². The monoisotopic (exact) mass is 220 g/mol. The van der Waals surface area contributed by atoms with Gasteiger partial charge in [0.1, 0.15) is 0 Å². The van der Waals surface area contributed by atoms with Crippen molar-refractivity contribution >= 4 is 6.21 Å². The van der Waals surface area contributed by atoms with Crippen LogP contribution in [0, 0.1) is 5.92 Å². The van der Waals surface area contributed by atoms with E-state index >= 15 is 0 Å². The second kappa shape index (κ2) is 8.96. The smallest absolute Gasteiger partial charge is 0.0601 e. The van der Waals surface area contributed by atoms with Gasteiger partial charge in [0.05, 0.1) is 5.70 Å². The lowest BCUT2D eigenvalue weighted by Gasteiger charge is -2.15. The summed E-state index contributed by atoms with van der Waals surface area (Å²) in [7, 11) is 2.09. The molecule has 90 valence electrons. The molecule has 0 radical (unpaired) electrons. The predicted molar refractivity (Wildman–Crippen MR) is 73.7 cm³/mol. The number of nitrogens with zero attached hydrogens (tertiary/aromatic N) is 2. The highest BCUT2D eigenvalue weighted by Crippen LogP contribution is 2.03. The maximum absolute atomic E-state index is 4.23. The molecular formula is C14H24N2. The zero-order valence-electron chi connectivity index (χ0n) is 11.0. The van der Waals surface area contributed by atoms with Gasteiger partial charge in [0.2, 0.25) is 0 Å². The normalized spacial score (nSPS) is 12.9. The Kier molecular flexibility index (Phi) is 8.22. The zero-order chi connectivity index (χ0) is 12.4. The highest BCUT2D eigenvalue weighted by Gasteiger charge is 1.95. The summed E-state index contributed by atoms with van der Waals surface area (Å²) in [6.45, 7) is 11.1. The van der Waals surface area contributed by atoms with Gasteiger partial charge in [-0.05, 0) is 25.3 Å². The van der Waals surface area contributed by atoms with Crippen LogP contribution in [0.25, 0.3) is 0 Å². The van der Waals surface area contributed by atoms with E-state index in [2.05, 4.69) is 43.6 Å². The van der Waals surface area contributed by atoms with Crippen molar-refractivity contribution in [3.63, 3.8) is 0 Å². The minimum atomic E-state index is 0.746. The molecule has 0 rings (SSSR count). The lowest BCUT2D eigenvalue weighted by Crippen LogP contribution is -2.13. The Labute approximate surface area is 100 Å². The molecule has 0 atom stereocenters. The number of rotatable bonds is 7. The first kappa shape index (κ1) is 14.7. The first-order valence-electron chi connectivity index (χ1n) is 5.80. The van der Waals surface area contributed by atoms with E-state index in [1.807, 2.05) is 19.1 Å². The van der Waals surface area contributed by atoms with Crippen LogP contribution >= 0.6 is 0 Å². The van der Waals surface area contributed by atoms with Crippen molar-refractivity contribution in [2.45, 2.75) is 27.2 Å². The minimum Gasteiger partial charge on any atom is -0.380 e. The van der Waals surface area contributed by atoms with E-state index < -0.39 is 0 Å². The van der Waals surface area contributed by atoms with Crippen LogP contribution in [-0.4, -0.2) is 24.7 Å². The van der Waals surface area contributed by atoms with Crippen molar-refractivity contribution in [2.24, 2.45) is 10.9 Å². The van der Waals surface area contributed by atoms with Crippen molar-refractivity contribution in [1.29, 1.82) is 0 Å². The largest absolute Gasteiger partial charge is 0.380 e. The van der Waals surface area contributed by atoms with Gasteiger partial charge in [0.25, 0.3) is 0 Å². The molecule has 0 saturated heterocycles. The summed E-state index contributed by atoms with van der Waals surface area (Å²) in [5.74, 6) is 0.746. The second-order valence-corrected chi connectivity index (χ2v) is 4.21. The predicted octanol–water partition coefficient (Wildman–Crippen LogP) is 3.64. The maximum Gasteiger partial charge on any atom is 0.0601 e. The molecule has 0 fully saturated rings. The standard InChI is InChI=1S/C14H24N2/c1-6-10-15-14(7-2)9-12-16(5)11-8-13(3)4/h6-7,9-10,12-13H,1,8,11H2,2-5H3. The zero-order valence-corrected chi connectivity index (χ0v) is 11.0. The summed E-state index contributed by atoms with van der Waals surface area (Å²) in [5.41, 5.74) is 0.955. The summed E-state index contributed by atoms with van der Waals surface area (Å²) >= 11 is 0. The highest BCUT2D eigenvalue weighted by atomic mass is 15.1. The van der Waals surface area contributed by atoms with Gasteiger partial charge < -0.3 is 4.90 Å². The van der Waals surface area contributed by atoms with Gasteiger partial charge >= 0.3 is 0 Å². The van der Waals surface area contributed by atoms with Gasteiger partial charge in [-0.25, -0.2) is 0 Å². The average molecular weight is 220 g/mol. The van der Waals surface area contributed by atoms with Gasteiger partial charge in [0.15, 0.2) is 0 Å². The summed E-state index contributed by atoms with van der Waals surface area (Å²) < 4.78 is 0. The molecule has 0 heterocycles. The van der Waals surface area contributed by atoms with Crippen LogP contribution in [0.3, 0.4) is 0 Å². The minimum absolute atomic E-state index is 0.746. The third-order valence-corrected chi connectivity index (χ3v) is 2.18. The van der Waals surface area contributed by atoms with Crippen LogP contribution in [0.5, 0.6) is 0 Å². The van der Waals surface area contributed by atoms with Crippen molar-refractivity contribution < 1.29 is 0 Å². The summed E-state index contributed by atoms with van der Waals surface area (Å²) in [4.78, 5) is 6.42. The SMILES string of the molecule is C=CC=NC(C=CN(C)CCC(C)C)=CC. The number of hydrogen-bond donors (Lipinski definition) is 0. The Balaban J connectivity index is 4.13. The lowest BCUT2D eigenvalue weighted by atomic mass is 10.1. The molecule has 0 aromatic carbocycles. The molecule has 0 aromatic rings. The topological polar surface area (TPSA) is 15.6 Å². The van der Waals surface area contributed by atoms with E-state index in [4.69, 9.17) is 0 Å². The Morgan fingerprint density at radius 1 is 1.44 bits per heavy atom. The molecular weight excluding hydrogens is 196 g/mol. The molecule has 0 amide bonds. The highest BCUT2D eigenvalue weighted by molar-refractivity contribution is 5.71. The van der Waals surface area contributed by atoms with Crippen molar-refractivity contribution in [3.05, 3.63) is 36.7 Å². The van der Waals surface area contributed by atoms with Crippen LogP contribution in [0.4, 0.5) is 0 Å². The van der Waals surface area contributed by atoms with Gasteiger partial charge in [0, 0.05) is 26.0 Å². The molecule has 0 aromatic heterocycles. The molecule has 0 spiro atoms. The van der Waals surface area contributed by atoms with E-state index in [0.29, 0.717) is 0 Å². The lowest BCUT2D eigenvalue weighted by molar-refractivity contribution is 0.404. The van der Waals surface area contributed by atoms with Crippen LogP contribution in [0.15, 0.2) is 41.7 Å². The van der Waals surface area contributed by atoms with E-state index in [-0.39, 0.29) is 0 Å². The van der Waals surface area contributed by atoms with Crippen molar-refractivity contribution in [2.75, 3.05) is 13.6 Å². The van der Waals surface area contributed by atoms with Gasteiger partial charge in [-0.15, -0.1) is 0 Å². The first-order chi connectivity index (χ1) is 7.60. The quantitative estimate of drug-likeness (QED) is 0.472. The number of hydrogen-bond acceptors (Lipinski definition) is 2. The Morgan fingerprint density at radius 2 is 2.12 bits per heavy atom. The summed E-state index contributed by atoms with van der Waals surface area (Å²) in [6.07, 6.45) is 10.7. The number of aliphatic imine (C=N–C) groups is 1. The molecule has 16 heavy (non-hydrogen) atoms. The third-order valence-electron chi connectivity index (χ3n) is 2.18. The Bertz CT molecular complexity index is 272. The Hall–Kier alpha value is -1.31. The third kappa shape index (κ3) is 8.04. The molecule has 0 saturated carbocycles. The van der Waals surface area contributed by atoms with Crippen LogP contribution in [0.1, 0.15) is 27.2 Å². The molecule has 2 heteroatoms. The summed E-state index contributed by atoms with van der Waals surface area (Å²) in [6, 6.07) is 0. The van der Waals surface area contributed by atoms with E-state index in [1.54, 1.807) is 12.3 Å². The molecule has 0 N–H and O–H groups in total. The fourth-order valence-corrected chi connectivity index (χ4v) is 1.09. The molecule has 0 bridgehead atoms. The van der Waals surface area contributed by atoms with E-state index in [9.17, 15) is 0 Å². The maximum atomic E-state index is 4.23. The second-order valence-electron chi connectivity index (χ2n) is 4.21. The van der Waals surface area contributed by atoms with E-state index in [0.717, 1.165) is 18.2 Å². The van der Waals surface area contributed by atoms with Gasteiger partial charge in [-0.1, -0.05) is 32.6 Å². The fourth-order valence-electron chi connectivity index (χ4n) is 1.09. The van der Waals surface area contributed by atoms with Gasteiger partial charge in [-0.3, -0.25) is 4.99 Å². The average Bonchev–Trinajstić information content (AvgIpc) is 2.26. The van der Waals surface area contributed by atoms with Crippen molar-refractivity contribution in [1.82, 2.24) is 4.90 Å².